The summed E-state index contributed by atoms with van der Waals surface area (Å²) < 4.78 is 1.59. The van der Waals surface area contributed by atoms with Crippen LogP contribution in [0.2, 0.25) is 0 Å². The molecule has 0 atom stereocenters. The number of carbonyl (C=O) groups is 1. The third-order valence-corrected chi connectivity index (χ3v) is 3.43. The first kappa shape index (κ1) is 13.0. The minimum atomic E-state index is -0.244. The van der Waals surface area contributed by atoms with Crippen LogP contribution in [0, 0.1) is 0 Å². The lowest BCUT2D eigenvalue weighted by Gasteiger charge is -2.31. The van der Waals surface area contributed by atoms with Gasteiger partial charge in [0, 0.05) is 13.2 Å². The number of nitrogens with one attached hydrogen (secondary N) is 2. The van der Waals surface area contributed by atoms with Crippen LogP contribution in [0.15, 0.2) is 12.3 Å². The van der Waals surface area contributed by atoms with Crippen molar-refractivity contribution >= 4 is 23.2 Å². The van der Waals surface area contributed by atoms with E-state index in [1.807, 2.05) is 4.90 Å². The van der Waals surface area contributed by atoms with E-state index in [1.165, 1.54) is 4.90 Å². The van der Waals surface area contributed by atoms with Gasteiger partial charge in [0.1, 0.15) is 0 Å². The average Bonchev–Trinajstić information content (AvgIpc) is 2.76. The molecule has 1 fully saturated rings. The molecule has 6 nitrogen and oxygen atoms in total. The molecular weight excluding hydrogens is 250 g/mol. The van der Waals surface area contributed by atoms with E-state index < -0.39 is 0 Å². The van der Waals surface area contributed by atoms with Crippen molar-refractivity contribution in [3.05, 3.63) is 18.0 Å². The summed E-state index contributed by atoms with van der Waals surface area (Å²) in [6, 6.07) is 1.67. The van der Waals surface area contributed by atoms with Crippen LogP contribution < -0.4 is 10.2 Å². The number of aromatic nitrogens is 2. The number of piperazine rings is 1. The number of hydrogen-bond acceptors (Lipinski definition) is 3. The Hall–Kier alpha value is -1.47. The number of quaternary nitrogens is 1. The average molecular weight is 268 g/mol. The number of hydrogen-bond donors (Lipinski definition) is 2. The maximum atomic E-state index is 11.9. The van der Waals surface area contributed by atoms with E-state index in [4.69, 9.17) is 12.2 Å². The van der Waals surface area contributed by atoms with E-state index in [9.17, 15) is 4.79 Å². The minimum absolute atomic E-state index is 0.244. The molecule has 0 saturated carbocycles. The summed E-state index contributed by atoms with van der Waals surface area (Å²) in [5.41, 5.74) is 0.389. The van der Waals surface area contributed by atoms with Crippen LogP contribution in [0.5, 0.6) is 0 Å². The lowest BCUT2D eigenvalue weighted by atomic mass is 10.3. The smallest absolute Gasteiger partial charge is 0.277 e. The molecule has 7 heteroatoms. The van der Waals surface area contributed by atoms with Crippen molar-refractivity contribution in [2.24, 2.45) is 7.05 Å². The minimum Gasteiger partial charge on any atom is -0.338 e. The van der Waals surface area contributed by atoms with E-state index in [1.54, 1.807) is 24.0 Å². The molecule has 1 aliphatic rings. The predicted octanol–water partition coefficient (Wildman–Crippen LogP) is -1.73. The van der Waals surface area contributed by atoms with Gasteiger partial charge in [-0.1, -0.05) is 0 Å². The summed E-state index contributed by atoms with van der Waals surface area (Å²) >= 11 is 5.25. The Morgan fingerprint density at radius 1 is 1.50 bits per heavy atom. The van der Waals surface area contributed by atoms with Gasteiger partial charge >= 0.3 is 0 Å². The zero-order valence-electron chi connectivity index (χ0n) is 10.6. The van der Waals surface area contributed by atoms with Crippen molar-refractivity contribution in [3.8, 4) is 0 Å². The van der Waals surface area contributed by atoms with Crippen LogP contribution in [-0.2, 0) is 7.05 Å². The third-order valence-electron chi connectivity index (χ3n) is 3.07. The number of amides is 1. The lowest BCUT2D eigenvalue weighted by Crippen LogP contribution is -3.12. The lowest BCUT2D eigenvalue weighted by molar-refractivity contribution is -0.883. The van der Waals surface area contributed by atoms with E-state index >= 15 is 0 Å². The van der Waals surface area contributed by atoms with E-state index in [0.29, 0.717) is 10.8 Å². The normalized spacial score (nSPS) is 16.7. The van der Waals surface area contributed by atoms with Crippen LogP contribution in [0.4, 0.5) is 0 Å². The third kappa shape index (κ3) is 3.05. The Labute approximate surface area is 112 Å². The molecular formula is C11H18N5OS+. The van der Waals surface area contributed by atoms with Gasteiger partial charge in [-0.3, -0.25) is 14.8 Å². The van der Waals surface area contributed by atoms with Gasteiger partial charge in [0.15, 0.2) is 10.8 Å². The predicted molar refractivity (Wildman–Crippen MR) is 71.5 cm³/mol. The molecule has 0 aliphatic carbocycles. The first-order valence-corrected chi connectivity index (χ1v) is 6.38. The van der Waals surface area contributed by atoms with Crippen LogP contribution in [0.1, 0.15) is 10.5 Å². The molecule has 2 N–H and O–H groups in total. The highest BCUT2D eigenvalue weighted by Gasteiger charge is 2.20. The number of carbonyl (C=O) groups excluding carboxylic acids is 1. The summed E-state index contributed by atoms with van der Waals surface area (Å²) in [5.74, 6) is -0.244. The first-order valence-electron chi connectivity index (χ1n) is 5.97. The van der Waals surface area contributed by atoms with Gasteiger partial charge in [-0.2, -0.15) is 5.10 Å². The monoisotopic (exact) mass is 268 g/mol. The summed E-state index contributed by atoms with van der Waals surface area (Å²) in [6.45, 7) is 3.85. The van der Waals surface area contributed by atoms with Crippen LogP contribution >= 0.6 is 12.2 Å². The Balaban J connectivity index is 1.89. The maximum Gasteiger partial charge on any atom is 0.277 e. The van der Waals surface area contributed by atoms with E-state index in [-0.39, 0.29) is 5.91 Å². The molecule has 0 bridgehead atoms. The molecule has 1 aromatic rings. The highest BCUT2D eigenvalue weighted by atomic mass is 32.1. The zero-order chi connectivity index (χ0) is 13.1. The Bertz CT molecular complexity index is 450. The van der Waals surface area contributed by atoms with Crippen molar-refractivity contribution in [2.45, 2.75) is 0 Å². The first-order chi connectivity index (χ1) is 8.56. The fourth-order valence-corrected chi connectivity index (χ4v) is 2.14. The van der Waals surface area contributed by atoms with Crippen LogP contribution in [0.25, 0.3) is 0 Å². The fourth-order valence-electron chi connectivity index (χ4n) is 1.87. The van der Waals surface area contributed by atoms with Gasteiger partial charge in [0.05, 0.1) is 33.2 Å². The Morgan fingerprint density at radius 2 is 2.17 bits per heavy atom. The molecule has 98 valence electrons. The zero-order valence-corrected chi connectivity index (χ0v) is 11.5. The van der Waals surface area contributed by atoms with Crippen molar-refractivity contribution in [2.75, 3.05) is 33.2 Å². The number of likely N-dealkylation sites (N-methyl/N-ethyl adjacent to an activating group) is 1. The molecule has 0 aromatic carbocycles. The van der Waals surface area contributed by atoms with Crippen LogP contribution in [0.3, 0.4) is 0 Å². The molecule has 0 spiro atoms. The van der Waals surface area contributed by atoms with E-state index in [0.717, 1.165) is 26.2 Å². The van der Waals surface area contributed by atoms with Gasteiger partial charge in [0.25, 0.3) is 5.91 Å². The summed E-state index contributed by atoms with van der Waals surface area (Å²) in [6.07, 6.45) is 1.73. The largest absolute Gasteiger partial charge is 0.338 e. The molecule has 0 unspecified atom stereocenters. The van der Waals surface area contributed by atoms with Crippen molar-refractivity contribution in [1.82, 2.24) is 20.0 Å². The second-order valence-corrected chi connectivity index (χ2v) is 4.96. The maximum absolute atomic E-state index is 11.9. The Kier molecular flexibility index (Phi) is 3.93. The summed E-state index contributed by atoms with van der Waals surface area (Å²) in [4.78, 5) is 15.4. The van der Waals surface area contributed by atoms with Gasteiger partial charge in [-0.15, -0.1) is 0 Å². The van der Waals surface area contributed by atoms with Crippen molar-refractivity contribution in [3.63, 3.8) is 0 Å². The molecule has 18 heavy (non-hydrogen) atoms. The van der Waals surface area contributed by atoms with E-state index in [2.05, 4.69) is 17.5 Å². The number of nitrogens with zero attached hydrogens (tertiary/aromatic N) is 3. The Morgan fingerprint density at radius 3 is 2.72 bits per heavy atom. The molecule has 0 radical (unpaired) electrons. The van der Waals surface area contributed by atoms with Crippen molar-refractivity contribution < 1.29 is 9.69 Å². The highest BCUT2D eigenvalue weighted by Crippen LogP contribution is 1.96. The van der Waals surface area contributed by atoms with Gasteiger partial charge in [-0.25, -0.2) is 0 Å². The fraction of sp³-hybridized carbons (Fsp3) is 0.545. The topological polar surface area (TPSA) is 54.6 Å². The van der Waals surface area contributed by atoms with Crippen molar-refractivity contribution in [1.29, 1.82) is 0 Å². The molecule has 2 heterocycles. The second-order valence-electron chi connectivity index (χ2n) is 4.58. The highest BCUT2D eigenvalue weighted by molar-refractivity contribution is 7.80. The van der Waals surface area contributed by atoms with Gasteiger partial charge in [0.2, 0.25) is 0 Å². The molecule has 1 amide bonds. The van der Waals surface area contributed by atoms with Gasteiger partial charge in [-0.05, 0) is 18.3 Å². The summed E-state index contributed by atoms with van der Waals surface area (Å²) in [7, 11) is 3.94. The van der Waals surface area contributed by atoms with Gasteiger partial charge < -0.3 is 9.80 Å². The number of rotatable bonds is 1. The second kappa shape index (κ2) is 5.45. The standard InChI is InChI=1S/C11H17N5OS/c1-14-5-7-16(8-6-14)11(18)12-10(17)9-3-4-15(2)13-9/h3-4H,5-8H2,1-2H3,(H,12,17,18)/p+1. The SMILES string of the molecule is Cn1ccc(C(=O)NC(=S)N2CC[NH+](C)CC2)n1. The number of aryl methyl sites for hydroxylation is 1. The summed E-state index contributed by atoms with van der Waals surface area (Å²) in [5, 5.41) is 7.27. The molecule has 1 saturated heterocycles. The quantitative estimate of drug-likeness (QED) is 0.594. The molecule has 2 rings (SSSR count). The van der Waals surface area contributed by atoms with Crippen LogP contribution in [-0.4, -0.2) is 58.9 Å². The molecule has 1 aliphatic heterocycles. The molecule has 1 aromatic heterocycles. The number of thiocarbonyl (C=S) groups is 1.